The highest BCUT2D eigenvalue weighted by atomic mass is 127. The summed E-state index contributed by atoms with van der Waals surface area (Å²) in [7, 11) is 0. The van der Waals surface area contributed by atoms with Crippen LogP contribution in [0, 0.1) is 3.70 Å². The number of rotatable bonds is 2. The molecule has 6 heteroatoms. The van der Waals surface area contributed by atoms with Crippen LogP contribution in [0.3, 0.4) is 0 Å². The topological polar surface area (TPSA) is 57.0 Å². The molecule has 0 spiro atoms. The molecular weight excluding hydrogens is 309 g/mol. The van der Waals surface area contributed by atoms with Crippen molar-refractivity contribution < 1.29 is 9.63 Å². The van der Waals surface area contributed by atoms with Gasteiger partial charge in [0.25, 0.3) is 0 Å². The zero-order valence-corrected chi connectivity index (χ0v) is 9.66. The van der Waals surface area contributed by atoms with Gasteiger partial charge < -0.3 is 4.84 Å². The first-order valence-corrected chi connectivity index (χ1v) is 5.19. The first-order valence-electron chi connectivity index (χ1n) is 4.11. The molecule has 5 nitrogen and oxygen atoms in total. The van der Waals surface area contributed by atoms with E-state index in [9.17, 15) is 4.79 Å². The molecule has 2 aromatic rings. The van der Waals surface area contributed by atoms with Crippen LogP contribution < -0.4 is 4.84 Å². The molecule has 0 atom stereocenters. The summed E-state index contributed by atoms with van der Waals surface area (Å²) in [6.07, 6.45) is 1.50. The fourth-order valence-electron chi connectivity index (χ4n) is 0.980. The van der Waals surface area contributed by atoms with Crippen LogP contribution in [0.15, 0.2) is 36.5 Å². The van der Waals surface area contributed by atoms with Gasteiger partial charge in [-0.3, -0.25) is 0 Å². The van der Waals surface area contributed by atoms with Crippen LogP contribution in [0.1, 0.15) is 10.4 Å². The van der Waals surface area contributed by atoms with Gasteiger partial charge in [0, 0.05) is 0 Å². The summed E-state index contributed by atoms with van der Waals surface area (Å²) in [5, 5.41) is 7.19. The van der Waals surface area contributed by atoms with Crippen molar-refractivity contribution >= 4 is 28.6 Å². The highest BCUT2D eigenvalue weighted by molar-refractivity contribution is 14.1. The molecule has 1 aromatic heterocycles. The fraction of sp³-hybridized carbons (Fsp3) is 0. The van der Waals surface area contributed by atoms with Crippen molar-refractivity contribution in [1.29, 1.82) is 0 Å². The fourth-order valence-corrected chi connectivity index (χ4v) is 1.30. The molecule has 0 saturated carbocycles. The van der Waals surface area contributed by atoms with E-state index in [4.69, 9.17) is 4.84 Å². The van der Waals surface area contributed by atoms with Crippen molar-refractivity contribution in [2.45, 2.75) is 0 Å². The standard InChI is InChI=1S/C9H6IN3O2/c10-8-6-11-12-13(8)15-9(14)7-4-2-1-3-5-7/h1-6H. The van der Waals surface area contributed by atoms with Crippen molar-refractivity contribution in [2.24, 2.45) is 0 Å². The van der Waals surface area contributed by atoms with Crippen molar-refractivity contribution in [3.05, 3.63) is 45.8 Å². The molecule has 0 aliphatic heterocycles. The van der Waals surface area contributed by atoms with Crippen LogP contribution in [0.4, 0.5) is 0 Å². The summed E-state index contributed by atoms with van der Waals surface area (Å²) in [5.41, 5.74) is 0.476. The van der Waals surface area contributed by atoms with Crippen LogP contribution >= 0.6 is 22.6 Å². The second-order valence-electron chi connectivity index (χ2n) is 2.67. The van der Waals surface area contributed by atoms with E-state index in [0.29, 0.717) is 9.26 Å². The lowest BCUT2D eigenvalue weighted by Crippen LogP contribution is -2.22. The minimum absolute atomic E-state index is 0.459. The van der Waals surface area contributed by atoms with Crippen LogP contribution in [0.5, 0.6) is 0 Å². The van der Waals surface area contributed by atoms with Gasteiger partial charge in [-0.2, -0.15) is 0 Å². The van der Waals surface area contributed by atoms with E-state index >= 15 is 0 Å². The number of hydrogen-bond donors (Lipinski definition) is 0. The number of carbonyl (C=O) groups excluding carboxylic acids is 1. The number of hydrogen-bond acceptors (Lipinski definition) is 4. The molecule has 1 heterocycles. The highest BCUT2D eigenvalue weighted by Crippen LogP contribution is 2.02. The first kappa shape index (κ1) is 10.1. The van der Waals surface area contributed by atoms with Crippen LogP contribution in [0.2, 0.25) is 0 Å². The molecule has 0 N–H and O–H groups in total. The average molecular weight is 315 g/mol. The van der Waals surface area contributed by atoms with Gasteiger partial charge in [-0.25, -0.2) is 4.79 Å². The third kappa shape index (κ3) is 2.32. The van der Waals surface area contributed by atoms with E-state index in [-0.39, 0.29) is 0 Å². The molecule has 0 amide bonds. The third-order valence-corrected chi connectivity index (χ3v) is 2.35. The lowest BCUT2D eigenvalue weighted by molar-refractivity contribution is 0.0368. The first-order chi connectivity index (χ1) is 7.27. The number of nitrogens with zero attached hydrogens (tertiary/aromatic N) is 3. The van der Waals surface area contributed by atoms with Gasteiger partial charge in [-0.05, 0) is 39.9 Å². The Kier molecular flexibility index (Phi) is 2.95. The maximum absolute atomic E-state index is 11.6. The van der Waals surface area contributed by atoms with Gasteiger partial charge in [0.05, 0.1) is 11.8 Å². The van der Waals surface area contributed by atoms with E-state index in [2.05, 4.69) is 10.3 Å². The Morgan fingerprint density at radius 3 is 2.67 bits per heavy atom. The second-order valence-corrected chi connectivity index (χ2v) is 3.78. The minimum Gasteiger partial charge on any atom is -0.311 e. The molecule has 1 aromatic carbocycles. The number of carbonyl (C=O) groups is 1. The Morgan fingerprint density at radius 2 is 2.07 bits per heavy atom. The van der Waals surface area contributed by atoms with Crippen molar-refractivity contribution in [3.8, 4) is 0 Å². The Balaban J connectivity index is 2.15. The minimum atomic E-state index is -0.459. The molecule has 0 radical (unpaired) electrons. The number of benzene rings is 1. The lowest BCUT2D eigenvalue weighted by atomic mass is 10.2. The van der Waals surface area contributed by atoms with Gasteiger partial charge >= 0.3 is 5.97 Å². The maximum Gasteiger partial charge on any atom is 0.365 e. The maximum atomic E-state index is 11.6. The molecule has 0 aliphatic rings. The van der Waals surface area contributed by atoms with Gasteiger partial charge in [0.2, 0.25) is 0 Å². The third-order valence-electron chi connectivity index (χ3n) is 1.66. The van der Waals surface area contributed by atoms with Crippen LogP contribution in [-0.4, -0.2) is 21.1 Å². The van der Waals surface area contributed by atoms with E-state index in [1.54, 1.807) is 24.3 Å². The summed E-state index contributed by atoms with van der Waals surface area (Å²) in [6.45, 7) is 0. The van der Waals surface area contributed by atoms with Gasteiger partial charge in [-0.15, -0.1) is 5.10 Å². The van der Waals surface area contributed by atoms with E-state index in [1.807, 2.05) is 28.7 Å². The smallest absolute Gasteiger partial charge is 0.311 e. The summed E-state index contributed by atoms with van der Waals surface area (Å²) < 4.78 is 0.636. The van der Waals surface area contributed by atoms with Crippen molar-refractivity contribution in [1.82, 2.24) is 15.2 Å². The molecule has 0 fully saturated rings. The summed E-state index contributed by atoms with van der Waals surface area (Å²) in [5.74, 6) is -0.459. The molecule has 0 aliphatic carbocycles. The molecule has 0 unspecified atom stereocenters. The SMILES string of the molecule is O=C(On1nncc1I)c1ccccc1. The van der Waals surface area contributed by atoms with Gasteiger partial charge in [0.15, 0.2) is 3.70 Å². The zero-order valence-electron chi connectivity index (χ0n) is 7.50. The molecule has 2 rings (SSSR count). The zero-order chi connectivity index (χ0) is 10.7. The lowest BCUT2D eigenvalue weighted by Gasteiger charge is -2.02. The van der Waals surface area contributed by atoms with E-state index in [1.165, 1.54) is 6.20 Å². The Bertz CT molecular complexity index is 469. The largest absolute Gasteiger partial charge is 0.365 e. The van der Waals surface area contributed by atoms with Crippen LogP contribution in [0.25, 0.3) is 0 Å². The predicted molar refractivity (Wildman–Crippen MR) is 60.1 cm³/mol. The summed E-state index contributed by atoms with van der Waals surface area (Å²) in [6, 6.07) is 8.71. The summed E-state index contributed by atoms with van der Waals surface area (Å²) >= 11 is 1.97. The number of halogens is 1. The Labute approximate surface area is 99.1 Å². The Hall–Kier alpha value is -1.44. The van der Waals surface area contributed by atoms with Gasteiger partial charge in [-0.1, -0.05) is 23.0 Å². The van der Waals surface area contributed by atoms with Crippen molar-refractivity contribution in [2.75, 3.05) is 0 Å². The molecule has 15 heavy (non-hydrogen) atoms. The predicted octanol–water partition coefficient (Wildman–Crippen LogP) is 1.15. The van der Waals surface area contributed by atoms with E-state index in [0.717, 1.165) is 4.85 Å². The molecule has 76 valence electrons. The Morgan fingerprint density at radius 1 is 1.33 bits per heavy atom. The second kappa shape index (κ2) is 4.39. The summed E-state index contributed by atoms with van der Waals surface area (Å²) in [4.78, 5) is 17.6. The quantitative estimate of drug-likeness (QED) is 0.616. The number of aromatic nitrogens is 3. The molecule has 0 saturated heterocycles. The van der Waals surface area contributed by atoms with E-state index < -0.39 is 5.97 Å². The average Bonchev–Trinajstić information content (AvgIpc) is 2.66. The van der Waals surface area contributed by atoms with Gasteiger partial charge in [0.1, 0.15) is 0 Å². The molecule has 0 bridgehead atoms. The highest BCUT2D eigenvalue weighted by Gasteiger charge is 2.10. The normalized spacial score (nSPS) is 9.93. The van der Waals surface area contributed by atoms with Crippen molar-refractivity contribution in [3.63, 3.8) is 0 Å². The van der Waals surface area contributed by atoms with Crippen LogP contribution in [-0.2, 0) is 0 Å². The monoisotopic (exact) mass is 315 g/mol. The molecular formula is C9H6IN3O2.